The molecule has 0 N–H and O–H groups in total. The molecule has 9 nitrogen and oxygen atoms in total. The van der Waals surface area contributed by atoms with Crippen LogP contribution in [0.15, 0.2) is 30.5 Å². The number of ether oxygens (including phenoxy) is 1. The number of nitro groups is 2. The number of nitrogens with zero attached hydrogens (tertiary/aromatic N) is 3. The predicted molar refractivity (Wildman–Crippen MR) is 88.4 cm³/mol. The molecule has 0 saturated heterocycles. The van der Waals surface area contributed by atoms with Crippen LogP contribution < -0.4 is 0 Å². The third-order valence-electron chi connectivity index (χ3n) is 3.60. The molecule has 1 aromatic carbocycles. The van der Waals surface area contributed by atoms with Gasteiger partial charge in [0.15, 0.2) is 0 Å². The fraction of sp³-hybridized carbons (Fsp3) is 0.250. The summed E-state index contributed by atoms with van der Waals surface area (Å²) >= 11 is 0. The monoisotopic (exact) mass is 345 g/mol. The Morgan fingerprint density at radius 3 is 2.36 bits per heavy atom. The molecule has 9 heteroatoms. The topological polar surface area (TPSA) is 125 Å². The number of esters is 1. The van der Waals surface area contributed by atoms with Gasteiger partial charge < -0.3 is 4.74 Å². The number of benzene rings is 1. The Balaban J connectivity index is 2.71. The zero-order valence-corrected chi connectivity index (χ0v) is 13.8. The third-order valence-corrected chi connectivity index (χ3v) is 3.60. The predicted octanol–water partition coefficient (Wildman–Crippen LogP) is 3.48. The normalized spacial score (nSPS) is 10.6. The number of pyridine rings is 1. The van der Waals surface area contributed by atoms with Crippen LogP contribution in [0.4, 0.5) is 11.4 Å². The second kappa shape index (κ2) is 7.04. The molecule has 0 bridgehead atoms. The third kappa shape index (κ3) is 3.60. The van der Waals surface area contributed by atoms with E-state index in [1.807, 2.05) is 13.8 Å². The van der Waals surface area contributed by atoms with E-state index in [2.05, 4.69) is 9.72 Å². The Morgan fingerprint density at radius 2 is 1.84 bits per heavy atom. The van der Waals surface area contributed by atoms with Crippen molar-refractivity contribution in [1.29, 1.82) is 0 Å². The number of nitro benzene ring substituents is 2. The summed E-state index contributed by atoms with van der Waals surface area (Å²) in [6.45, 7) is 3.69. The van der Waals surface area contributed by atoms with Crippen molar-refractivity contribution in [2.45, 2.75) is 19.8 Å². The lowest BCUT2D eigenvalue weighted by atomic mass is 9.94. The SMILES string of the molecule is COC(=O)c1cnc(-c2ccc([N+](=O)[O-])cc2[N+](=O)[O-])c(C(C)C)c1. The summed E-state index contributed by atoms with van der Waals surface area (Å²) in [5.41, 5.74) is 0.460. The largest absolute Gasteiger partial charge is 0.465 e. The number of carbonyl (C=O) groups excluding carboxylic acids is 1. The lowest BCUT2D eigenvalue weighted by Crippen LogP contribution is -2.06. The van der Waals surface area contributed by atoms with E-state index < -0.39 is 21.5 Å². The van der Waals surface area contributed by atoms with Gasteiger partial charge in [0.05, 0.1) is 39.8 Å². The van der Waals surface area contributed by atoms with Gasteiger partial charge in [-0.05, 0) is 23.6 Å². The highest BCUT2D eigenvalue weighted by Crippen LogP contribution is 2.36. The summed E-state index contributed by atoms with van der Waals surface area (Å²) in [6.07, 6.45) is 1.26. The number of hydrogen-bond acceptors (Lipinski definition) is 7. The van der Waals surface area contributed by atoms with Crippen LogP contribution in [0.25, 0.3) is 11.3 Å². The van der Waals surface area contributed by atoms with Crippen LogP contribution in [0.1, 0.15) is 35.7 Å². The van der Waals surface area contributed by atoms with Crippen molar-refractivity contribution in [3.05, 3.63) is 61.8 Å². The van der Waals surface area contributed by atoms with Crippen molar-refractivity contribution in [3.8, 4) is 11.3 Å². The number of hydrogen-bond donors (Lipinski definition) is 0. The molecule has 0 saturated carbocycles. The standard InChI is InChI=1S/C16H15N3O6/c1-9(2)13-6-10(16(20)25-3)8-17-15(13)12-5-4-11(18(21)22)7-14(12)19(23)24/h4-9H,1-3H3. The molecule has 0 aliphatic heterocycles. The molecule has 130 valence electrons. The van der Waals surface area contributed by atoms with Gasteiger partial charge in [-0.2, -0.15) is 0 Å². The average Bonchev–Trinajstić information content (AvgIpc) is 2.59. The molecule has 0 unspecified atom stereocenters. The lowest BCUT2D eigenvalue weighted by molar-refractivity contribution is -0.393. The van der Waals surface area contributed by atoms with Crippen molar-refractivity contribution >= 4 is 17.3 Å². The van der Waals surface area contributed by atoms with Crippen LogP contribution in [0, 0.1) is 20.2 Å². The maximum absolute atomic E-state index is 11.7. The van der Waals surface area contributed by atoms with E-state index in [0.717, 1.165) is 6.07 Å². The number of aromatic nitrogens is 1. The van der Waals surface area contributed by atoms with Crippen LogP contribution >= 0.6 is 0 Å². The minimum atomic E-state index is -0.700. The van der Waals surface area contributed by atoms with E-state index >= 15 is 0 Å². The highest BCUT2D eigenvalue weighted by molar-refractivity contribution is 5.90. The average molecular weight is 345 g/mol. The van der Waals surface area contributed by atoms with Crippen molar-refractivity contribution in [2.75, 3.05) is 7.11 Å². The smallest absolute Gasteiger partial charge is 0.339 e. The van der Waals surface area contributed by atoms with E-state index in [1.165, 1.54) is 25.4 Å². The van der Waals surface area contributed by atoms with Crippen molar-refractivity contribution in [1.82, 2.24) is 4.98 Å². The van der Waals surface area contributed by atoms with Crippen molar-refractivity contribution in [2.24, 2.45) is 0 Å². The minimum Gasteiger partial charge on any atom is -0.465 e. The molecule has 0 amide bonds. The van der Waals surface area contributed by atoms with Gasteiger partial charge in [-0.1, -0.05) is 13.8 Å². The lowest BCUT2D eigenvalue weighted by Gasteiger charge is -2.13. The van der Waals surface area contributed by atoms with Gasteiger partial charge in [0, 0.05) is 12.3 Å². The Morgan fingerprint density at radius 1 is 1.16 bits per heavy atom. The van der Waals surface area contributed by atoms with Gasteiger partial charge in [-0.25, -0.2) is 4.79 Å². The first-order chi connectivity index (χ1) is 11.8. The summed E-state index contributed by atoms with van der Waals surface area (Å²) in [5, 5.41) is 22.2. The van der Waals surface area contributed by atoms with Gasteiger partial charge >= 0.3 is 5.97 Å². The zero-order valence-electron chi connectivity index (χ0n) is 13.8. The summed E-state index contributed by atoms with van der Waals surface area (Å²) in [7, 11) is 1.24. The maximum atomic E-state index is 11.7. The summed E-state index contributed by atoms with van der Waals surface area (Å²) < 4.78 is 4.66. The van der Waals surface area contributed by atoms with Gasteiger partial charge in [0.2, 0.25) is 0 Å². The van der Waals surface area contributed by atoms with Gasteiger partial charge in [0.1, 0.15) is 0 Å². The first kappa shape index (κ1) is 18.0. The Labute approximate surface area is 142 Å². The van der Waals surface area contributed by atoms with Crippen LogP contribution in [-0.2, 0) is 4.74 Å². The molecule has 0 radical (unpaired) electrons. The molecule has 25 heavy (non-hydrogen) atoms. The summed E-state index contributed by atoms with van der Waals surface area (Å²) in [5.74, 6) is -0.666. The van der Waals surface area contributed by atoms with Crippen LogP contribution in [0.3, 0.4) is 0 Å². The molecule has 0 fully saturated rings. The second-order valence-electron chi connectivity index (χ2n) is 5.52. The van der Waals surface area contributed by atoms with E-state index in [4.69, 9.17) is 0 Å². The molecule has 2 aromatic rings. The number of rotatable bonds is 5. The van der Waals surface area contributed by atoms with E-state index in [1.54, 1.807) is 6.07 Å². The fourth-order valence-electron chi connectivity index (χ4n) is 2.36. The summed E-state index contributed by atoms with van der Waals surface area (Å²) in [6, 6.07) is 4.93. The van der Waals surface area contributed by atoms with E-state index in [0.29, 0.717) is 11.3 Å². The number of carbonyl (C=O) groups is 1. The first-order valence-electron chi connectivity index (χ1n) is 7.27. The van der Waals surface area contributed by atoms with Gasteiger partial charge in [0.25, 0.3) is 11.4 Å². The first-order valence-corrected chi connectivity index (χ1v) is 7.27. The number of methoxy groups -OCH3 is 1. The van der Waals surface area contributed by atoms with Crippen molar-refractivity contribution < 1.29 is 19.4 Å². The zero-order chi connectivity index (χ0) is 18.7. The quantitative estimate of drug-likeness (QED) is 0.461. The minimum absolute atomic E-state index is 0.0955. The van der Waals surface area contributed by atoms with E-state index in [9.17, 15) is 25.0 Å². The highest BCUT2D eigenvalue weighted by Gasteiger charge is 2.24. The molecule has 0 spiro atoms. The van der Waals surface area contributed by atoms with Crippen LogP contribution in [-0.4, -0.2) is 27.9 Å². The molecule has 2 rings (SSSR count). The molecule has 0 aliphatic rings. The van der Waals surface area contributed by atoms with Crippen LogP contribution in [0.5, 0.6) is 0 Å². The molecular weight excluding hydrogens is 330 g/mol. The van der Waals surface area contributed by atoms with Crippen LogP contribution in [0.2, 0.25) is 0 Å². The molecule has 0 atom stereocenters. The maximum Gasteiger partial charge on any atom is 0.339 e. The molecule has 0 aliphatic carbocycles. The summed E-state index contributed by atoms with van der Waals surface area (Å²) in [4.78, 5) is 36.7. The Bertz CT molecular complexity index is 863. The highest BCUT2D eigenvalue weighted by atomic mass is 16.6. The Hall–Kier alpha value is -3.36. The molecule has 1 aromatic heterocycles. The van der Waals surface area contributed by atoms with Gasteiger partial charge in [-0.3, -0.25) is 25.2 Å². The second-order valence-corrected chi connectivity index (χ2v) is 5.52. The molecule has 1 heterocycles. The van der Waals surface area contributed by atoms with Gasteiger partial charge in [-0.15, -0.1) is 0 Å². The van der Waals surface area contributed by atoms with E-state index in [-0.39, 0.29) is 22.7 Å². The molecular formula is C16H15N3O6. The number of non-ortho nitro benzene ring substituents is 1. The fourth-order valence-corrected chi connectivity index (χ4v) is 2.36. The Kier molecular flexibility index (Phi) is 5.06. The van der Waals surface area contributed by atoms with Crippen molar-refractivity contribution in [3.63, 3.8) is 0 Å².